The van der Waals surface area contributed by atoms with Crippen LogP contribution in [-0.4, -0.2) is 4.98 Å². The van der Waals surface area contributed by atoms with Crippen LogP contribution in [0, 0.1) is 0 Å². The summed E-state index contributed by atoms with van der Waals surface area (Å²) in [6.45, 7) is 7.19. The van der Waals surface area contributed by atoms with Crippen molar-refractivity contribution in [3.63, 3.8) is 0 Å². The Morgan fingerprint density at radius 2 is 2.17 bits per heavy atom. The minimum absolute atomic E-state index is 0.368. The van der Waals surface area contributed by atoms with Gasteiger partial charge in [-0.25, -0.2) is 4.98 Å². The maximum absolute atomic E-state index is 5.70. The Morgan fingerprint density at radius 3 is 2.67 bits per heavy atom. The first kappa shape index (κ1) is 9.30. The molecule has 0 aliphatic heterocycles. The minimum atomic E-state index is 0.368. The highest BCUT2D eigenvalue weighted by Gasteiger charge is 2.03. The van der Waals surface area contributed by atoms with Crippen LogP contribution in [0.1, 0.15) is 11.3 Å². The predicted octanol–water partition coefficient (Wildman–Crippen LogP) is 3.59. The van der Waals surface area contributed by atoms with Crippen LogP contribution in [0.4, 0.5) is 0 Å². The Morgan fingerprint density at radius 1 is 1.50 bits per heavy atom. The van der Waals surface area contributed by atoms with Gasteiger partial charge in [0.2, 0.25) is 0 Å². The van der Waals surface area contributed by atoms with Gasteiger partial charge in [0, 0.05) is 5.56 Å². The monoisotopic (exact) mass is 199 g/mol. The number of aromatic nitrogens is 1. The van der Waals surface area contributed by atoms with Crippen LogP contribution in [0.15, 0.2) is 25.3 Å². The largest absolute Gasteiger partial charge is 0.235 e. The lowest BCUT2D eigenvalue weighted by atomic mass is 10.2. The van der Waals surface area contributed by atoms with Crippen molar-refractivity contribution in [2.45, 2.75) is 0 Å². The van der Waals surface area contributed by atoms with Crippen molar-refractivity contribution in [2.75, 3.05) is 0 Å². The van der Waals surface area contributed by atoms with Gasteiger partial charge in [0.25, 0.3) is 0 Å². The van der Waals surface area contributed by atoms with Crippen LogP contribution < -0.4 is 0 Å². The van der Waals surface area contributed by atoms with Crippen LogP contribution >= 0.6 is 23.2 Å². The van der Waals surface area contributed by atoms with E-state index < -0.39 is 0 Å². The Balaban J connectivity index is 3.30. The molecule has 0 radical (unpaired) electrons. The summed E-state index contributed by atoms with van der Waals surface area (Å²) in [6, 6.07) is 3.48. The summed E-state index contributed by atoms with van der Waals surface area (Å²) < 4.78 is 0. The molecule has 12 heavy (non-hydrogen) atoms. The van der Waals surface area contributed by atoms with Crippen molar-refractivity contribution < 1.29 is 0 Å². The van der Waals surface area contributed by atoms with Gasteiger partial charge in [-0.1, -0.05) is 42.4 Å². The number of rotatable bonds is 2. The summed E-state index contributed by atoms with van der Waals surface area (Å²) in [7, 11) is 0. The van der Waals surface area contributed by atoms with Crippen LogP contribution in [-0.2, 0) is 0 Å². The van der Waals surface area contributed by atoms with Crippen LogP contribution in [0.2, 0.25) is 5.15 Å². The molecular formula is C9H7Cl2N. The van der Waals surface area contributed by atoms with E-state index in [4.69, 9.17) is 23.2 Å². The van der Waals surface area contributed by atoms with Crippen molar-refractivity contribution in [3.8, 4) is 0 Å². The second kappa shape index (κ2) is 3.74. The zero-order valence-corrected chi connectivity index (χ0v) is 7.86. The Labute approximate surface area is 81.3 Å². The van der Waals surface area contributed by atoms with E-state index in [2.05, 4.69) is 18.1 Å². The number of halogens is 2. The highest BCUT2D eigenvalue weighted by Crippen LogP contribution is 2.21. The average Bonchev–Trinajstić information content (AvgIpc) is 2.04. The first-order valence-electron chi connectivity index (χ1n) is 3.29. The molecule has 1 aromatic heterocycles. The summed E-state index contributed by atoms with van der Waals surface area (Å²) in [5.41, 5.74) is 1.42. The van der Waals surface area contributed by atoms with Gasteiger partial charge in [-0.15, -0.1) is 0 Å². The molecule has 0 bridgehead atoms. The first-order valence-corrected chi connectivity index (χ1v) is 4.04. The molecule has 62 valence electrons. The lowest BCUT2D eigenvalue weighted by Crippen LogP contribution is -1.88. The highest BCUT2D eigenvalue weighted by molar-refractivity contribution is 6.48. The van der Waals surface area contributed by atoms with Gasteiger partial charge in [0.05, 0.1) is 10.7 Å². The summed E-state index contributed by atoms with van der Waals surface area (Å²) in [6.07, 6.45) is 1.66. The first-order chi connectivity index (χ1) is 5.65. The van der Waals surface area contributed by atoms with Crippen molar-refractivity contribution in [1.82, 2.24) is 4.98 Å². The van der Waals surface area contributed by atoms with E-state index in [-0.39, 0.29) is 0 Å². The van der Waals surface area contributed by atoms with E-state index in [0.29, 0.717) is 15.9 Å². The molecule has 0 N–H and O–H groups in total. The van der Waals surface area contributed by atoms with E-state index in [1.165, 1.54) is 0 Å². The average molecular weight is 200 g/mol. The fourth-order valence-electron chi connectivity index (χ4n) is 0.828. The van der Waals surface area contributed by atoms with Gasteiger partial charge in [-0.3, -0.25) is 0 Å². The lowest BCUT2D eigenvalue weighted by Gasteiger charge is -2.02. The maximum Gasteiger partial charge on any atom is 0.129 e. The second-order valence-electron chi connectivity index (χ2n) is 2.18. The van der Waals surface area contributed by atoms with Crippen LogP contribution in [0.3, 0.4) is 0 Å². The quantitative estimate of drug-likeness (QED) is 0.664. The lowest BCUT2D eigenvalue weighted by molar-refractivity contribution is 1.28. The molecule has 1 rings (SSSR count). The molecule has 0 aliphatic carbocycles. The van der Waals surface area contributed by atoms with E-state index in [0.717, 1.165) is 5.56 Å². The molecule has 0 aliphatic rings. The molecule has 3 heteroatoms. The summed E-state index contributed by atoms with van der Waals surface area (Å²) in [5, 5.41) is 0.768. The smallest absolute Gasteiger partial charge is 0.129 e. The molecule has 0 aromatic carbocycles. The maximum atomic E-state index is 5.70. The molecule has 0 atom stereocenters. The molecule has 0 amide bonds. The number of pyridine rings is 1. The van der Waals surface area contributed by atoms with Gasteiger partial charge < -0.3 is 0 Å². The molecule has 0 fully saturated rings. The summed E-state index contributed by atoms with van der Waals surface area (Å²) in [4.78, 5) is 4.01. The number of nitrogens with zero attached hydrogens (tertiary/aromatic N) is 1. The molecule has 1 aromatic rings. The SMILES string of the molecule is C=Cc1ccc(Cl)nc1C(=C)Cl. The number of hydrogen-bond donors (Lipinski definition) is 0. The molecule has 1 nitrogen and oxygen atoms in total. The molecule has 0 spiro atoms. The third kappa shape index (κ3) is 1.87. The summed E-state index contributed by atoms with van der Waals surface area (Å²) in [5.74, 6) is 0. The van der Waals surface area contributed by atoms with Crippen molar-refractivity contribution in [1.29, 1.82) is 0 Å². The van der Waals surface area contributed by atoms with Gasteiger partial charge in [0.1, 0.15) is 5.15 Å². The van der Waals surface area contributed by atoms with Gasteiger partial charge in [-0.2, -0.15) is 0 Å². The third-order valence-corrected chi connectivity index (χ3v) is 1.76. The zero-order chi connectivity index (χ0) is 9.14. The Hall–Kier alpha value is -0.790. The van der Waals surface area contributed by atoms with Gasteiger partial charge >= 0.3 is 0 Å². The Bertz CT molecular complexity index is 331. The van der Waals surface area contributed by atoms with Crippen molar-refractivity contribution in [2.24, 2.45) is 0 Å². The molecular weight excluding hydrogens is 193 g/mol. The third-order valence-electron chi connectivity index (χ3n) is 1.37. The fraction of sp³-hybridized carbons (Fsp3) is 0. The zero-order valence-electron chi connectivity index (χ0n) is 6.35. The Kier molecular flexibility index (Phi) is 2.90. The van der Waals surface area contributed by atoms with E-state index in [9.17, 15) is 0 Å². The molecule has 0 unspecified atom stereocenters. The second-order valence-corrected chi connectivity index (χ2v) is 3.02. The van der Waals surface area contributed by atoms with Gasteiger partial charge in [0.15, 0.2) is 0 Å². The van der Waals surface area contributed by atoms with Gasteiger partial charge in [-0.05, 0) is 12.1 Å². The van der Waals surface area contributed by atoms with Crippen LogP contribution in [0.25, 0.3) is 11.1 Å². The molecule has 0 saturated carbocycles. The summed E-state index contributed by atoms with van der Waals surface area (Å²) >= 11 is 11.4. The van der Waals surface area contributed by atoms with Crippen LogP contribution in [0.5, 0.6) is 0 Å². The van der Waals surface area contributed by atoms with E-state index in [1.54, 1.807) is 18.2 Å². The van der Waals surface area contributed by atoms with Crippen molar-refractivity contribution in [3.05, 3.63) is 41.7 Å². The molecule has 1 heterocycles. The van der Waals surface area contributed by atoms with E-state index in [1.807, 2.05) is 0 Å². The van der Waals surface area contributed by atoms with E-state index >= 15 is 0 Å². The standard InChI is InChI=1S/C9H7Cl2N/c1-3-7-4-5-8(11)12-9(7)6(2)10/h3-5H,1-2H2. The topological polar surface area (TPSA) is 12.9 Å². The number of hydrogen-bond acceptors (Lipinski definition) is 1. The molecule has 0 saturated heterocycles. The normalized spacial score (nSPS) is 9.50. The highest BCUT2D eigenvalue weighted by atomic mass is 35.5. The van der Waals surface area contributed by atoms with Crippen molar-refractivity contribution >= 4 is 34.3 Å². The fourth-order valence-corrected chi connectivity index (χ4v) is 1.13. The minimum Gasteiger partial charge on any atom is -0.235 e. The predicted molar refractivity (Wildman–Crippen MR) is 54.2 cm³/mol.